The summed E-state index contributed by atoms with van der Waals surface area (Å²) in [7, 11) is 0. The van der Waals surface area contributed by atoms with E-state index in [4.69, 9.17) is 0 Å². The predicted molar refractivity (Wildman–Crippen MR) is 108 cm³/mol. The lowest BCUT2D eigenvalue weighted by Crippen LogP contribution is -2.42. The van der Waals surface area contributed by atoms with Crippen LogP contribution in [0.5, 0.6) is 0 Å². The van der Waals surface area contributed by atoms with Crippen molar-refractivity contribution in [2.75, 3.05) is 11.9 Å². The quantitative estimate of drug-likeness (QED) is 0.707. The van der Waals surface area contributed by atoms with Crippen molar-refractivity contribution in [1.82, 2.24) is 9.88 Å². The van der Waals surface area contributed by atoms with Gasteiger partial charge < -0.3 is 10.2 Å². The summed E-state index contributed by atoms with van der Waals surface area (Å²) >= 11 is 2.88. The molecule has 1 atom stereocenters. The van der Waals surface area contributed by atoms with Gasteiger partial charge in [-0.25, -0.2) is 4.98 Å². The van der Waals surface area contributed by atoms with Crippen LogP contribution in [0.1, 0.15) is 33.0 Å². The van der Waals surface area contributed by atoms with Gasteiger partial charge in [0.25, 0.3) is 5.91 Å². The Kier molecular flexibility index (Phi) is 5.31. The number of hydrogen-bond acceptors (Lipinski definition) is 5. The van der Waals surface area contributed by atoms with Crippen molar-refractivity contribution in [3.8, 4) is 0 Å². The topological polar surface area (TPSA) is 62.3 Å². The highest BCUT2D eigenvalue weighted by Crippen LogP contribution is 2.25. The van der Waals surface area contributed by atoms with Crippen molar-refractivity contribution in [2.45, 2.75) is 25.3 Å². The fourth-order valence-corrected chi connectivity index (χ4v) is 4.79. The van der Waals surface area contributed by atoms with Crippen LogP contribution in [-0.4, -0.2) is 34.3 Å². The van der Waals surface area contributed by atoms with Crippen LogP contribution in [0.25, 0.3) is 0 Å². The van der Waals surface area contributed by atoms with Gasteiger partial charge >= 0.3 is 0 Å². The Morgan fingerprint density at radius 2 is 2.04 bits per heavy atom. The van der Waals surface area contributed by atoms with Crippen molar-refractivity contribution in [3.63, 3.8) is 0 Å². The Bertz CT molecular complexity index is 922. The van der Waals surface area contributed by atoms with E-state index in [9.17, 15) is 9.59 Å². The van der Waals surface area contributed by atoms with Gasteiger partial charge in [-0.15, -0.1) is 22.7 Å². The third-order valence-electron chi connectivity index (χ3n) is 4.55. The maximum Gasteiger partial charge on any atom is 0.264 e. The number of carbonyl (C=O) groups excluding carboxylic acids is 2. The fraction of sp³-hybridized carbons (Fsp3) is 0.250. The molecule has 1 aliphatic heterocycles. The molecule has 2 aromatic heterocycles. The van der Waals surface area contributed by atoms with Crippen LogP contribution in [-0.2, 0) is 11.2 Å². The first-order chi connectivity index (χ1) is 13.2. The minimum Gasteiger partial charge on any atom is -0.326 e. The molecule has 2 amide bonds. The number of hydrogen-bond donors (Lipinski definition) is 1. The van der Waals surface area contributed by atoms with Crippen molar-refractivity contribution in [3.05, 3.63) is 69.4 Å². The van der Waals surface area contributed by atoms with Crippen LogP contribution in [0.4, 0.5) is 5.13 Å². The fourth-order valence-electron chi connectivity index (χ4n) is 3.26. The van der Waals surface area contributed by atoms with E-state index in [1.807, 2.05) is 29.6 Å². The van der Waals surface area contributed by atoms with Crippen LogP contribution in [0.2, 0.25) is 0 Å². The lowest BCUT2D eigenvalue weighted by atomic mass is 10.1. The second kappa shape index (κ2) is 8.02. The summed E-state index contributed by atoms with van der Waals surface area (Å²) in [6, 6.07) is 13.4. The lowest BCUT2D eigenvalue weighted by Gasteiger charge is -2.22. The Balaban J connectivity index is 1.40. The molecule has 138 valence electrons. The number of likely N-dealkylation sites (tertiary alicyclic amines) is 1. The number of thiazole rings is 1. The molecule has 0 bridgehead atoms. The van der Waals surface area contributed by atoms with Crippen molar-refractivity contribution < 1.29 is 9.59 Å². The zero-order chi connectivity index (χ0) is 18.6. The molecule has 1 saturated heterocycles. The average Bonchev–Trinajstić information content (AvgIpc) is 3.44. The predicted octanol–water partition coefficient (Wildman–Crippen LogP) is 4.04. The molecule has 1 N–H and O–H groups in total. The number of benzene rings is 1. The van der Waals surface area contributed by atoms with E-state index in [1.165, 1.54) is 28.2 Å². The van der Waals surface area contributed by atoms with E-state index in [2.05, 4.69) is 22.4 Å². The van der Waals surface area contributed by atoms with Gasteiger partial charge in [0, 0.05) is 24.0 Å². The maximum atomic E-state index is 12.7. The van der Waals surface area contributed by atoms with Crippen LogP contribution in [0.15, 0.2) is 54.0 Å². The summed E-state index contributed by atoms with van der Waals surface area (Å²) in [5.74, 6) is -0.218. The second-order valence-corrected chi connectivity index (χ2v) is 8.48. The van der Waals surface area contributed by atoms with Gasteiger partial charge in [-0.2, -0.15) is 0 Å². The first kappa shape index (κ1) is 17.9. The highest BCUT2D eigenvalue weighted by atomic mass is 32.1. The second-order valence-electron chi connectivity index (χ2n) is 6.42. The highest BCUT2D eigenvalue weighted by molar-refractivity contribution is 7.15. The van der Waals surface area contributed by atoms with Gasteiger partial charge in [-0.1, -0.05) is 36.4 Å². The number of thiophene rings is 1. The van der Waals surface area contributed by atoms with E-state index >= 15 is 0 Å². The normalized spacial score (nSPS) is 16.4. The smallest absolute Gasteiger partial charge is 0.264 e. The van der Waals surface area contributed by atoms with Gasteiger partial charge in [0.15, 0.2) is 5.13 Å². The molecule has 1 aliphatic rings. The molecule has 1 fully saturated rings. The molecule has 0 saturated carbocycles. The number of rotatable bonds is 5. The van der Waals surface area contributed by atoms with E-state index in [1.54, 1.807) is 17.2 Å². The lowest BCUT2D eigenvalue weighted by molar-refractivity contribution is -0.119. The van der Waals surface area contributed by atoms with E-state index in [-0.39, 0.29) is 11.8 Å². The first-order valence-electron chi connectivity index (χ1n) is 8.84. The Morgan fingerprint density at radius 3 is 2.81 bits per heavy atom. The number of aromatic nitrogens is 1. The van der Waals surface area contributed by atoms with Crippen LogP contribution in [0.3, 0.4) is 0 Å². The molecular formula is C20H19N3O2S2. The molecule has 0 spiro atoms. The summed E-state index contributed by atoms with van der Waals surface area (Å²) in [6.07, 6.45) is 4.12. The molecule has 4 rings (SSSR count). The van der Waals surface area contributed by atoms with Gasteiger partial charge in [0.05, 0.1) is 4.88 Å². The first-order valence-corrected chi connectivity index (χ1v) is 10.5. The third-order valence-corrected chi connectivity index (χ3v) is 6.32. The molecule has 3 aromatic rings. The zero-order valence-corrected chi connectivity index (χ0v) is 16.3. The molecule has 5 nitrogen and oxygen atoms in total. The molecule has 27 heavy (non-hydrogen) atoms. The van der Waals surface area contributed by atoms with Crippen LogP contribution in [0, 0.1) is 0 Å². The standard InChI is InChI=1S/C20H19N3O2S2/c24-18(16-8-4-10-23(16)19(25)17-9-5-11-26-17)22-20-21-13-15(27-20)12-14-6-2-1-3-7-14/h1-3,5-7,9,11,13,16H,4,8,10,12H2,(H,21,22,24). The van der Waals surface area contributed by atoms with E-state index < -0.39 is 6.04 Å². The SMILES string of the molecule is O=C(Nc1ncc(Cc2ccccc2)s1)C1CCCN1C(=O)c1cccs1. The minimum absolute atomic E-state index is 0.0634. The zero-order valence-electron chi connectivity index (χ0n) is 14.6. The average molecular weight is 398 g/mol. The van der Waals surface area contributed by atoms with E-state index in [0.29, 0.717) is 23.0 Å². The largest absolute Gasteiger partial charge is 0.326 e. The summed E-state index contributed by atoms with van der Waals surface area (Å²) in [4.78, 5) is 33.1. The summed E-state index contributed by atoms with van der Waals surface area (Å²) in [5.41, 5.74) is 1.21. The monoisotopic (exact) mass is 397 g/mol. The number of amides is 2. The number of nitrogens with zero attached hydrogens (tertiary/aromatic N) is 2. The summed E-state index contributed by atoms with van der Waals surface area (Å²) in [5, 5.41) is 5.36. The number of carbonyl (C=O) groups is 2. The molecule has 1 aromatic carbocycles. The van der Waals surface area contributed by atoms with E-state index in [0.717, 1.165) is 17.7 Å². The highest BCUT2D eigenvalue weighted by Gasteiger charge is 2.35. The number of anilines is 1. The molecule has 3 heterocycles. The van der Waals surface area contributed by atoms with Crippen molar-refractivity contribution in [2.24, 2.45) is 0 Å². The van der Waals surface area contributed by atoms with Crippen molar-refractivity contribution >= 4 is 39.6 Å². The van der Waals surface area contributed by atoms with Gasteiger partial charge in [-0.3, -0.25) is 9.59 Å². The summed E-state index contributed by atoms with van der Waals surface area (Å²) < 4.78 is 0. The molecule has 7 heteroatoms. The molecule has 1 unspecified atom stereocenters. The summed E-state index contributed by atoms with van der Waals surface area (Å²) in [6.45, 7) is 0.617. The Hall–Kier alpha value is -2.51. The van der Waals surface area contributed by atoms with Crippen LogP contribution >= 0.6 is 22.7 Å². The molecule has 0 aliphatic carbocycles. The Labute approximate surface area is 165 Å². The third kappa shape index (κ3) is 4.09. The van der Waals surface area contributed by atoms with Gasteiger partial charge in [-0.05, 0) is 29.9 Å². The van der Waals surface area contributed by atoms with Crippen LogP contribution < -0.4 is 5.32 Å². The van der Waals surface area contributed by atoms with Crippen molar-refractivity contribution in [1.29, 1.82) is 0 Å². The minimum atomic E-state index is -0.430. The maximum absolute atomic E-state index is 12.7. The van der Waals surface area contributed by atoms with Gasteiger partial charge in [0.1, 0.15) is 6.04 Å². The Morgan fingerprint density at radius 1 is 1.19 bits per heavy atom. The van der Waals surface area contributed by atoms with Gasteiger partial charge in [0.2, 0.25) is 5.91 Å². The number of nitrogens with one attached hydrogen (secondary N) is 1. The molecule has 0 radical (unpaired) electrons. The molecular weight excluding hydrogens is 378 g/mol.